The van der Waals surface area contributed by atoms with Gasteiger partial charge in [-0.05, 0) is 13.8 Å². The van der Waals surface area contributed by atoms with Crippen LogP contribution in [-0.2, 0) is 14.3 Å². The van der Waals surface area contributed by atoms with Crippen molar-refractivity contribution in [3.8, 4) is 0 Å². The number of carboxylic acids is 1. The number of aliphatic carboxylic acids is 1. The van der Waals surface area contributed by atoms with Gasteiger partial charge in [0.2, 0.25) is 5.91 Å². The second-order valence-corrected chi connectivity index (χ2v) is 4.19. The van der Waals surface area contributed by atoms with Crippen LogP contribution in [0.4, 0.5) is 4.79 Å². The van der Waals surface area contributed by atoms with Gasteiger partial charge in [-0.25, -0.2) is 9.59 Å². The van der Waals surface area contributed by atoms with Gasteiger partial charge in [0, 0.05) is 13.1 Å². The number of nitrogens with zero attached hydrogens (tertiary/aromatic N) is 1. The van der Waals surface area contributed by atoms with Gasteiger partial charge in [-0.15, -0.1) is 0 Å². The minimum Gasteiger partial charge on any atom is -0.480 e. The standard InChI is InChI=1S/C11H19N3O5/c1-3-12-9(15)7(2)13-11(18)14-4-5-19-6-8(14)10(16)17/h7-8H,3-6H2,1-2H3,(H,12,15)(H,13,18)(H,16,17). The lowest BCUT2D eigenvalue weighted by Gasteiger charge is -2.33. The molecule has 0 aliphatic carbocycles. The van der Waals surface area contributed by atoms with E-state index in [1.165, 1.54) is 4.90 Å². The van der Waals surface area contributed by atoms with Crippen molar-refractivity contribution in [1.29, 1.82) is 0 Å². The summed E-state index contributed by atoms with van der Waals surface area (Å²) in [6.07, 6.45) is 0. The van der Waals surface area contributed by atoms with Gasteiger partial charge in [0.15, 0.2) is 6.04 Å². The molecule has 0 aromatic rings. The maximum absolute atomic E-state index is 11.9. The molecular formula is C11H19N3O5. The number of likely N-dealkylation sites (N-methyl/N-ethyl adjacent to an activating group) is 1. The van der Waals surface area contributed by atoms with Gasteiger partial charge in [0.25, 0.3) is 0 Å². The van der Waals surface area contributed by atoms with Crippen LogP contribution in [0.25, 0.3) is 0 Å². The lowest BCUT2D eigenvalue weighted by molar-refractivity contribution is -0.147. The quantitative estimate of drug-likeness (QED) is 0.609. The SMILES string of the molecule is CCNC(=O)C(C)NC(=O)N1CCOCC1C(=O)O. The van der Waals surface area contributed by atoms with Gasteiger partial charge in [0.1, 0.15) is 6.04 Å². The Labute approximate surface area is 111 Å². The number of hydrogen-bond donors (Lipinski definition) is 3. The summed E-state index contributed by atoms with van der Waals surface area (Å²) < 4.78 is 5.03. The Hall–Kier alpha value is -1.83. The predicted molar refractivity (Wildman–Crippen MR) is 65.6 cm³/mol. The van der Waals surface area contributed by atoms with Crippen molar-refractivity contribution in [1.82, 2.24) is 15.5 Å². The zero-order valence-corrected chi connectivity index (χ0v) is 11.0. The van der Waals surface area contributed by atoms with Gasteiger partial charge < -0.3 is 25.4 Å². The molecule has 0 spiro atoms. The fraction of sp³-hybridized carbons (Fsp3) is 0.727. The number of carbonyl (C=O) groups excluding carboxylic acids is 2. The van der Waals surface area contributed by atoms with Crippen LogP contribution in [0.3, 0.4) is 0 Å². The van der Waals surface area contributed by atoms with E-state index >= 15 is 0 Å². The summed E-state index contributed by atoms with van der Waals surface area (Å²) in [7, 11) is 0. The summed E-state index contributed by atoms with van der Waals surface area (Å²) >= 11 is 0. The zero-order valence-electron chi connectivity index (χ0n) is 11.0. The molecule has 19 heavy (non-hydrogen) atoms. The highest BCUT2D eigenvalue weighted by Gasteiger charge is 2.33. The molecule has 0 radical (unpaired) electrons. The minimum atomic E-state index is -1.12. The number of rotatable bonds is 4. The van der Waals surface area contributed by atoms with Gasteiger partial charge in [0.05, 0.1) is 13.2 Å². The van der Waals surface area contributed by atoms with Crippen molar-refractivity contribution >= 4 is 17.9 Å². The summed E-state index contributed by atoms with van der Waals surface area (Å²) in [4.78, 5) is 35.6. The predicted octanol–water partition coefficient (Wildman–Crippen LogP) is -0.994. The molecule has 1 aliphatic rings. The van der Waals surface area contributed by atoms with Gasteiger partial charge in [-0.3, -0.25) is 4.79 Å². The first-order valence-corrected chi connectivity index (χ1v) is 6.12. The lowest BCUT2D eigenvalue weighted by atomic mass is 10.2. The van der Waals surface area contributed by atoms with Crippen LogP contribution >= 0.6 is 0 Å². The second kappa shape index (κ2) is 6.93. The minimum absolute atomic E-state index is 0.0434. The number of ether oxygens (including phenoxy) is 1. The number of carboxylic acid groups (broad SMARTS) is 1. The highest BCUT2D eigenvalue weighted by Crippen LogP contribution is 2.07. The molecule has 8 heteroatoms. The number of urea groups is 1. The Bertz CT molecular complexity index is 360. The molecule has 1 aliphatic heterocycles. The van der Waals surface area contributed by atoms with Crippen LogP contribution in [0.1, 0.15) is 13.8 Å². The summed E-state index contributed by atoms with van der Waals surface area (Å²) in [5.41, 5.74) is 0. The van der Waals surface area contributed by atoms with E-state index in [1.54, 1.807) is 13.8 Å². The fourth-order valence-electron chi connectivity index (χ4n) is 1.71. The van der Waals surface area contributed by atoms with Crippen LogP contribution in [0.2, 0.25) is 0 Å². The average molecular weight is 273 g/mol. The van der Waals surface area contributed by atoms with Crippen molar-refractivity contribution in [3.63, 3.8) is 0 Å². The number of amides is 3. The summed E-state index contributed by atoms with van der Waals surface area (Å²) in [6.45, 7) is 4.21. The largest absolute Gasteiger partial charge is 0.480 e. The second-order valence-electron chi connectivity index (χ2n) is 4.19. The van der Waals surface area contributed by atoms with E-state index in [1.807, 2.05) is 0 Å². The molecule has 1 rings (SSSR count). The Kier molecular flexibility index (Phi) is 5.56. The molecule has 8 nitrogen and oxygen atoms in total. The average Bonchev–Trinajstić information content (AvgIpc) is 2.38. The lowest BCUT2D eigenvalue weighted by Crippen LogP contribution is -2.58. The van der Waals surface area contributed by atoms with Crippen LogP contribution in [0.5, 0.6) is 0 Å². The van der Waals surface area contributed by atoms with Gasteiger partial charge >= 0.3 is 12.0 Å². The van der Waals surface area contributed by atoms with Crippen LogP contribution < -0.4 is 10.6 Å². The number of carbonyl (C=O) groups is 3. The number of morpholine rings is 1. The highest BCUT2D eigenvalue weighted by atomic mass is 16.5. The first-order chi connectivity index (χ1) is 8.97. The van der Waals surface area contributed by atoms with Crippen LogP contribution in [0.15, 0.2) is 0 Å². The summed E-state index contributed by atoms with van der Waals surface area (Å²) in [5, 5.41) is 14.1. The van der Waals surface area contributed by atoms with E-state index in [9.17, 15) is 14.4 Å². The third-order valence-electron chi connectivity index (χ3n) is 2.76. The maximum atomic E-state index is 11.9. The number of hydrogen-bond acceptors (Lipinski definition) is 4. The topological polar surface area (TPSA) is 108 Å². The van der Waals surface area contributed by atoms with E-state index in [0.717, 1.165) is 0 Å². The van der Waals surface area contributed by atoms with Crippen molar-refractivity contribution in [2.75, 3.05) is 26.3 Å². The molecule has 0 saturated carbocycles. The molecule has 3 N–H and O–H groups in total. The van der Waals surface area contributed by atoms with E-state index < -0.39 is 24.1 Å². The fourth-order valence-corrected chi connectivity index (χ4v) is 1.71. The third kappa shape index (κ3) is 4.09. The smallest absolute Gasteiger partial charge is 0.328 e. The Morgan fingerprint density at radius 1 is 1.47 bits per heavy atom. The molecule has 1 saturated heterocycles. The zero-order chi connectivity index (χ0) is 14.4. The van der Waals surface area contributed by atoms with E-state index in [0.29, 0.717) is 6.54 Å². The first-order valence-electron chi connectivity index (χ1n) is 6.12. The van der Waals surface area contributed by atoms with Crippen LogP contribution in [0, 0.1) is 0 Å². The monoisotopic (exact) mass is 273 g/mol. The Morgan fingerprint density at radius 2 is 2.16 bits per heavy atom. The van der Waals surface area contributed by atoms with Gasteiger partial charge in [-0.2, -0.15) is 0 Å². The molecule has 2 unspecified atom stereocenters. The molecule has 0 bridgehead atoms. The van der Waals surface area contributed by atoms with Crippen molar-refractivity contribution in [2.45, 2.75) is 25.9 Å². The van der Waals surface area contributed by atoms with Crippen molar-refractivity contribution in [3.05, 3.63) is 0 Å². The molecule has 1 heterocycles. The maximum Gasteiger partial charge on any atom is 0.328 e. The number of nitrogens with one attached hydrogen (secondary N) is 2. The summed E-state index contributed by atoms with van der Waals surface area (Å²) in [6, 6.07) is -2.31. The molecule has 0 aromatic carbocycles. The summed E-state index contributed by atoms with van der Waals surface area (Å²) in [5.74, 6) is -1.43. The molecule has 0 aromatic heterocycles. The molecule has 2 atom stereocenters. The van der Waals surface area contributed by atoms with Crippen molar-refractivity contribution in [2.24, 2.45) is 0 Å². The van der Waals surface area contributed by atoms with Gasteiger partial charge in [-0.1, -0.05) is 0 Å². The van der Waals surface area contributed by atoms with E-state index in [2.05, 4.69) is 10.6 Å². The van der Waals surface area contributed by atoms with Crippen LogP contribution in [-0.4, -0.2) is 66.3 Å². The van der Waals surface area contributed by atoms with E-state index in [4.69, 9.17) is 9.84 Å². The molecular weight excluding hydrogens is 254 g/mol. The third-order valence-corrected chi connectivity index (χ3v) is 2.76. The Morgan fingerprint density at radius 3 is 2.74 bits per heavy atom. The molecule has 1 fully saturated rings. The highest BCUT2D eigenvalue weighted by molar-refractivity contribution is 5.88. The molecule has 3 amide bonds. The van der Waals surface area contributed by atoms with Crippen molar-refractivity contribution < 1.29 is 24.2 Å². The molecule has 108 valence electrons. The first kappa shape index (κ1) is 15.2. The Balaban J connectivity index is 2.60. The van der Waals surface area contributed by atoms with E-state index in [-0.39, 0.29) is 25.7 Å². The normalized spacial score (nSPS) is 20.5.